The summed E-state index contributed by atoms with van der Waals surface area (Å²) in [7, 11) is 0. The van der Waals surface area contributed by atoms with Crippen molar-refractivity contribution >= 4 is 5.82 Å². The molecule has 0 aliphatic carbocycles. The van der Waals surface area contributed by atoms with Crippen molar-refractivity contribution in [2.75, 3.05) is 31.2 Å². The van der Waals surface area contributed by atoms with Gasteiger partial charge in [0.1, 0.15) is 5.82 Å². The van der Waals surface area contributed by atoms with Gasteiger partial charge in [0.25, 0.3) is 0 Å². The smallest absolute Gasteiger partial charge is 0.128 e. The zero-order chi connectivity index (χ0) is 12.9. The summed E-state index contributed by atoms with van der Waals surface area (Å²) >= 11 is 0. The Kier molecular flexibility index (Phi) is 4.30. The van der Waals surface area contributed by atoms with E-state index in [1.165, 1.54) is 31.2 Å². The number of nitrogens with zero attached hydrogens (tertiary/aromatic N) is 2. The van der Waals surface area contributed by atoms with Crippen LogP contribution in [0.5, 0.6) is 0 Å². The van der Waals surface area contributed by atoms with Gasteiger partial charge >= 0.3 is 0 Å². The summed E-state index contributed by atoms with van der Waals surface area (Å²) in [5.41, 5.74) is 1.26. The van der Waals surface area contributed by atoms with E-state index in [4.69, 9.17) is 4.74 Å². The lowest BCUT2D eigenvalue weighted by atomic mass is 10.1. The number of hydrogen-bond donors (Lipinski definition) is 1. The monoisotopic (exact) mass is 261 g/mol. The molecule has 4 nitrogen and oxygen atoms in total. The Morgan fingerprint density at radius 3 is 2.84 bits per heavy atom. The Labute approximate surface area is 115 Å². The number of nitrogens with one attached hydrogen (secondary N) is 1. The molecule has 2 aliphatic heterocycles. The molecule has 0 spiro atoms. The maximum Gasteiger partial charge on any atom is 0.128 e. The minimum atomic E-state index is 0.506. The van der Waals surface area contributed by atoms with Gasteiger partial charge in [-0.3, -0.25) is 0 Å². The molecule has 4 heteroatoms. The van der Waals surface area contributed by atoms with Crippen LogP contribution in [-0.2, 0) is 11.3 Å². The van der Waals surface area contributed by atoms with Crippen molar-refractivity contribution in [1.82, 2.24) is 10.3 Å². The molecule has 3 rings (SSSR count). The van der Waals surface area contributed by atoms with Gasteiger partial charge in [-0.2, -0.15) is 0 Å². The highest BCUT2D eigenvalue weighted by atomic mass is 16.5. The lowest BCUT2D eigenvalue weighted by Crippen LogP contribution is -2.36. The average molecular weight is 261 g/mol. The van der Waals surface area contributed by atoms with Crippen LogP contribution >= 0.6 is 0 Å². The van der Waals surface area contributed by atoms with Gasteiger partial charge in [-0.25, -0.2) is 4.98 Å². The molecular formula is C15H23N3O. The van der Waals surface area contributed by atoms with Crippen LogP contribution in [0.3, 0.4) is 0 Å². The van der Waals surface area contributed by atoms with Crippen molar-refractivity contribution < 1.29 is 4.74 Å². The average Bonchev–Trinajstić information content (AvgIpc) is 3.01. The maximum atomic E-state index is 5.47. The van der Waals surface area contributed by atoms with E-state index in [0.29, 0.717) is 6.04 Å². The van der Waals surface area contributed by atoms with Crippen LogP contribution < -0.4 is 10.2 Å². The predicted octanol–water partition coefficient (Wildman–Crippen LogP) is 1.95. The van der Waals surface area contributed by atoms with Crippen LogP contribution in [0.2, 0.25) is 0 Å². The zero-order valence-corrected chi connectivity index (χ0v) is 11.5. The first-order valence-corrected chi connectivity index (χ1v) is 7.43. The van der Waals surface area contributed by atoms with Gasteiger partial charge in [0.15, 0.2) is 0 Å². The van der Waals surface area contributed by atoms with E-state index in [9.17, 15) is 0 Å². The molecule has 0 radical (unpaired) electrons. The van der Waals surface area contributed by atoms with Crippen LogP contribution in [0, 0.1) is 0 Å². The molecule has 1 aromatic rings. The fraction of sp³-hybridized carbons (Fsp3) is 0.667. The van der Waals surface area contributed by atoms with Crippen molar-refractivity contribution in [3.05, 3.63) is 23.9 Å². The molecule has 0 amide bonds. The number of anilines is 1. The first kappa shape index (κ1) is 12.9. The van der Waals surface area contributed by atoms with E-state index < -0.39 is 0 Å². The first-order chi connectivity index (χ1) is 9.42. The number of pyridine rings is 1. The Bertz CT molecular complexity index is 381. The largest absolute Gasteiger partial charge is 0.380 e. The topological polar surface area (TPSA) is 37.4 Å². The summed E-state index contributed by atoms with van der Waals surface area (Å²) in [4.78, 5) is 6.95. The minimum Gasteiger partial charge on any atom is -0.380 e. The van der Waals surface area contributed by atoms with Crippen LogP contribution in [0.1, 0.15) is 31.2 Å². The van der Waals surface area contributed by atoms with Gasteiger partial charge in [0, 0.05) is 38.5 Å². The fourth-order valence-corrected chi connectivity index (χ4v) is 2.82. The highest BCUT2D eigenvalue weighted by Gasteiger charge is 2.14. The SMILES string of the molecule is c1cc(N2CCCC2)ncc1CNC1CCCOC1. The summed E-state index contributed by atoms with van der Waals surface area (Å²) < 4.78 is 5.47. The molecule has 2 saturated heterocycles. The van der Waals surface area contributed by atoms with Crippen LogP contribution in [0.15, 0.2) is 18.3 Å². The molecule has 1 aromatic heterocycles. The molecule has 1 atom stereocenters. The molecule has 19 heavy (non-hydrogen) atoms. The van der Waals surface area contributed by atoms with Crippen molar-refractivity contribution in [3.63, 3.8) is 0 Å². The highest BCUT2D eigenvalue weighted by molar-refractivity contribution is 5.40. The molecule has 0 aromatic carbocycles. The molecule has 1 N–H and O–H groups in total. The number of hydrogen-bond acceptors (Lipinski definition) is 4. The second kappa shape index (κ2) is 6.35. The molecule has 2 aliphatic rings. The molecule has 0 bridgehead atoms. The van der Waals surface area contributed by atoms with Crippen LogP contribution in [-0.4, -0.2) is 37.3 Å². The second-order valence-electron chi connectivity index (χ2n) is 5.51. The standard InChI is InChI=1S/C15H23N3O/c1-2-8-18(7-1)15-6-5-13(11-17-15)10-16-14-4-3-9-19-12-14/h5-6,11,14,16H,1-4,7-10,12H2. The Hall–Kier alpha value is -1.13. The summed E-state index contributed by atoms with van der Waals surface area (Å²) in [5, 5.41) is 3.55. The molecule has 1 unspecified atom stereocenters. The van der Waals surface area contributed by atoms with E-state index in [2.05, 4.69) is 27.3 Å². The molecular weight excluding hydrogens is 238 g/mol. The summed E-state index contributed by atoms with van der Waals surface area (Å²) in [6.45, 7) is 4.97. The quantitative estimate of drug-likeness (QED) is 0.899. The zero-order valence-electron chi connectivity index (χ0n) is 11.5. The summed E-state index contributed by atoms with van der Waals surface area (Å²) in [6.07, 6.45) is 6.99. The van der Waals surface area contributed by atoms with Crippen LogP contribution in [0.4, 0.5) is 5.82 Å². The molecule has 104 valence electrons. The molecule has 0 saturated carbocycles. The van der Waals surface area contributed by atoms with Gasteiger partial charge in [-0.1, -0.05) is 6.07 Å². The van der Waals surface area contributed by atoms with Gasteiger partial charge in [-0.15, -0.1) is 0 Å². The van der Waals surface area contributed by atoms with E-state index >= 15 is 0 Å². The Morgan fingerprint density at radius 2 is 2.16 bits per heavy atom. The van der Waals surface area contributed by atoms with Crippen molar-refractivity contribution in [2.24, 2.45) is 0 Å². The summed E-state index contributed by atoms with van der Waals surface area (Å²) in [6, 6.07) is 4.85. The van der Waals surface area contributed by atoms with Gasteiger partial charge in [-0.05, 0) is 37.3 Å². The van der Waals surface area contributed by atoms with Gasteiger partial charge < -0.3 is 15.0 Å². The number of rotatable bonds is 4. The predicted molar refractivity (Wildman–Crippen MR) is 76.4 cm³/mol. The molecule has 2 fully saturated rings. The lowest BCUT2D eigenvalue weighted by Gasteiger charge is -2.23. The van der Waals surface area contributed by atoms with Crippen molar-refractivity contribution in [3.8, 4) is 0 Å². The van der Waals surface area contributed by atoms with Gasteiger partial charge in [0.2, 0.25) is 0 Å². The number of ether oxygens (including phenoxy) is 1. The third-order valence-electron chi connectivity index (χ3n) is 3.99. The van der Waals surface area contributed by atoms with E-state index in [0.717, 1.165) is 38.7 Å². The van der Waals surface area contributed by atoms with E-state index in [1.54, 1.807) is 0 Å². The normalized spacial score (nSPS) is 23.8. The van der Waals surface area contributed by atoms with Crippen LogP contribution in [0.25, 0.3) is 0 Å². The summed E-state index contributed by atoms with van der Waals surface area (Å²) in [5.74, 6) is 1.13. The Balaban J connectivity index is 1.50. The first-order valence-electron chi connectivity index (χ1n) is 7.43. The maximum absolute atomic E-state index is 5.47. The lowest BCUT2D eigenvalue weighted by molar-refractivity contribution is 0.0699. The van der Waals surface area contributed by atoms with Gasteiger partial charge in [0.05, 0.1) is 6.61 Å². The Morgan fingerprint density at radius 1 is 1.26 bits per heavy atom. The second-order valence-corrected chi connectivity index (χ2v) is 5.51. The highest BCUT2D eigenvalue weighted by Crippen LogP contribution is 2.17. The van der Waals surface area contributed by atoms with E-state index in [1.807, 2.05) is 6.20 Å². The third-order valence-corrected chi connectivity index (χ3v) is 3.99. The third kappa shape index (κ3) is 3.45. The fourth-order valence-electron chi connectivity index (χ4n) is 2.82. The van der Waals surface area contributed by atoms with Crippen molar-refractivity contribution in [2.45, 2.75) is 38.3 Å². The minimum absolute atomic E-state index is 0.506. The number of aromatic nitrogens is 1. The van der Waals surface area contributed by atoms with E-state index in [-0.39, 0.29) is 0 Å². The van der Waals surface area contributed by atoms with Crippen molar-refractivity contribution in [1.29, 1.82) is 0 Å². The molecule has 3 heterocycles.